The van der Waals surface area contributed by atoms with Gasteiger partial charge in [-0.2, -0.15) is 0 Å². The third kappa shape index (κ3) is 2.90. The highest BCUT2D eigenvalue weighted by Gasteiger charge is 2.16. The lowest BCUT2D eigenvalue weighted by molar-refractivity contribution is -0.141. The molecule has 2 rings (SSSR count). The molecule has 2 aromatic rings. The summed E-state index contributed by atoms with van der Waals surface area (Å²) in [6, 6.07) is 7.24. The van der Waals surface area contributed by atoms with Gasteiger partial charge in [0.15, 0.2) is 0 Å². The Morgan fingerprint density at radius 2 is 2.05 bits per heavy atom. The highest BCUT2D eigenvalue weighted by molar-refractivity contribution is 5.96. The number of aromatic nitrogens is 1. The Morgan fingerprint density at radius 3 is 2.75 bits per heavy atom. The number of rotatable bonds is 3. The molecular formula is C14H13FN2O3. The van der Waals surface area contributed by atoms with E-state index in [-0.39, 0.29) is 18.1 Å². The lowest BCUT2D eigenvalue weighted by Gasteiger charge is -2.15. The van der Waals surface area contributed by atoms with Gasteiger partial charge in [0.05, 0.1) is 12.6 Å². The first-order valence-corrected chi connectivity index (χ1v) is 5.90. The molecule has 5 nitrogen and oxygen atoms in total. The first kappa shape index (κ1) is 13.9. The van der Waals surface area contributed by atoms with Crippen molar-refractivity contribution in [3.05, 3.63) is 41.8 Å². The molecule has 1 amide bonds. The Bertz CT molecular complexity index is 673. The number of amides is 1. The number of ether oxygens (including phenoxy) is 1. The minimum Gasteiger partial charge on any atom is -0.468 e. The molecule has 1 aromatic heterocycles. The molecule has 0 saturated heterocycles. The number of likely N-dealkylation sites (N-methyl/N-ethyl adjacent to an activating group) is 1. The number of halogens is 1. The minimum absolute atomic E-state index is 0.154. The SMILES string of the molecule is COC(=O)CN(C)C(=O)c1ccc2cc(F)ccc2n1. The van der Waals surface area contributed by atoms with Crippen LogP contribution in [0.4, 0.5) is 4.39 Å². The van der Waals surface area contributed by atoms with Gasteiger partial charge in [0.2, 0.25) is 0 Å². The summed E-state index contributed by atoms with van der Waals surface area (Å²) in [7, 11) is 2.74. The maximum Gasteiger partial charge on any atom is 0.325 e. The summed E-state index contributed by atoms with van der Waals surface area (Å²) in [4.78, 5) is 28.6. The lowest BCUT2D eigenvalue weighted by Crippen LogP contribution is -2.33. The van der Waals surface area contributed by atoms with Crippen molar-refractivity contribution in [2.45, 2.75) is 0 Å². The van der Waals surface area contributed by atoms with Gasteiger partial charge in [0.1, 0.15) is 18.1 Å². The van der Waals surface area contributed by atoms with E-state index in [0.717, 1.165) is 0 Å². The van der Waals surface area contributed by atoms with Crippen LogP contribution in [0.15, 0.2) is 30.3 Å². The zero-order chi connectivity index (χ0) is 14.7. The van der Waals surface area contributed by atoms with Gasteiger partial charge in [-0.1, -0.05) is 6.07 Å². The molecular weight excluding hydrogens is 263 g/mol. The lowest BCUT2D eigenvalue weighted by atomic mass is 10.2. The second-order valence-electron chi connectivity index (χ2n) is 4.27. The molecule has 0 unspecified atom stereocenters. The molecule has 1 heterocycles. The van der Waals surface area contributed by atoms with Crippen LogP contribution in [0.5, 0.6) is 0 Å². The predicted octanol–water partition coefficient (Wildman–Crippen LogP) is 1.62. The van der Waals surface area contributed by atoms with Gasteiger partial charge in [-0.15, -0.1) is 0 Å². The molecule has 0 spiro atoms. The van der Waals surface area contributed by atoms with Gasteiger partial charge in [-0.25, -0.2) is 9.37 Å². The van der Waals surface area contributed by atoms with Gasteiger partial charge in [0.25, 0.3) is 5.91 Å². The van der Waals surface area contributed by atoms with E-state index in [9.17, 15) is 14.0 Å². The van der Waals surface area contributed by atoms with Crippen LogP contribution in [0.2, 0.25) is 0 Å². The van der Waals surface area contributed by atoms with Crippen molar-refractivity contribution < 1.29 is 18.7 Å². The highest BCUT2D eigenvalue weighted by Crippen LogP contribution is 2.14. The third-order valence-electron chi connectivity index (χ3n) is 2.81. The van der Waals surface area contributed by atoms with Crippen molar-refractivity contribution >= 4 is 22.8 Å². The number of carbonyl (C=O) groups is 2. The van der Waals surface area contributed by atoms with Crippen LogP contribution in [-0.4, -0.2) is 42.5 Å². The van der Waals surface area contributed by atoms with Crippen molar-refractivity contribution in [1.82, 2.24) is 9.88 Å². The van der Waals surface area contributed by atoms with E-state index in [2.05, 4.69) is 9.72 Å². The van der Waals surface area contributed by atoms with Crippen LogP contribution in [-0.2, 0) is 9.53 Å². The molecule has 0 aliphatic rings. The number of hydrogen-bond acceptors (Lipinski definition) is 4. The quantitative estimate of drug-likeness (QED) is 0.799. The Balaban J connectivity index is 2.26. The van der Waals surface area contributed by atoms with Crippen molar-refractivity contribution in [2.75, 3.05) is 20.7 Å². The van der Waals surface area contributed by atoms with E-state index in [1.54, 1.807) is 6.07 Å². The zero-order valence-corrected chi connectivity index (χ0v) is 11.1. The van der Waals surface area contributed by atoms with Crippen molar-refractivity contribution in [2.24, 2.45) is 0 Å². The standard InChI is InChI=1S/C14H13FN2O3/c1-17(8-13(18)20-2)14(19)12-5-3-9-7-10(15)4-6-11(9)16-12/h3-7H,8H2,1-2H3. The molecule has 0 aliphatic carbocycles. The fourth-order valence-electron chi connectivity index (χ4n) is 1.74. The maximum atomic E-state index is 13.1. The summed E-state index contributed by atoms with van der Waals surface area (Å²) in [5.74, 6) is -1.27. The fraction of sp³-hybridized carbons (Fsp3) is 0.214. The smallest absolute Gasteiger partial charge is 0.325 e. The van der Waals surface area contributed by atoms with Gasteiger partial charge < -0.3 is 9.64 Å². The molecule has 0 bridgehead atoms. The average molecular weight is 276 g/mol. The molecule has 0 fully saturated rings. The Labute approximate surface area is 115 Å². The van der Waals surface area contributed by atoms with E-state index in [1.807, 2.05) is 0 Å². The highest BCUT2D eigenvalue weighted by atomic mass is 19.1. The minimum atomic E-state index is -0.510. The molecule has 20 heavy (non-hydrogen) atoms. The van der Waals surface area contributed by atoms with Gasteiger partial charge in [-0.3, -0.25) is 9.59 Å². The number of nitrogens with zero attached hydrogens (tertiary/aromatic N) is 2. The Hall–Kier alpha value is -2.50. The molecule has 1 aromatic carbocycles. The number of fused-ring (bicyclic) bond motifs is 1. The van der Waals surface area contributed by atoms with Crippen LogP contribution < -0.4 is 0 Å². The normalized spacial score (nSPS) is 10.3. The molecule has 0 radical (unpaired) electrons. The summed E-state index contributed by atoms with van der Waals surface area (Å²) in [5, 5.41) is 0.608. The van der Waals surface area contributed by atoms with Crippen molar-refractivity contribution in [3.63, 3.8) is 0 Å². The largest absolute Gasteiger partial charge is 0.468 e. The van der Waals surface area contributed by atoms with Crippen LogP contribution in [0.25, 0.3) is 10.9 Å². The fourth-order valence-corrected chi connectivity index (χ4v) is 1.74. The molecule has 0 atom stereocenters. The molecule has 0 aliphatic heterocycles. The number of methoxy groups -OCH3 is 1. The second-order valence-corrected chi connectivity index (χ2v) is 4.27. The summed E-state index contributed by atoms with van der Waals surface area (Å²) in [5.41, 5.74) is 0.708. The summed E-state index contributed by atoms with van der Waals surface area (Å²) in [6.45, 7) is -0.154. The Kier molecular flexibility index (Phi) is 3.93. The number of hydrogen-bond donors (Lipinski definition) is 0. The van der Waals surface area contributed by atoms with Crippen molar-refractivity contribution in [3.8, 4) is 0 Å². The topological polar surface area (TPSA) is 59.5 Å². The maximum absolute atomic E-state index is 13.1. The number of pyridine rings is 1. The Morgan fingerprint density at radius 1 is 1.30 bits per heavy atom. The van der Waals surface area contributed by atoms with Crippen LogP contribution in [0.3, 0.4) is 0 Å². The van der Waals surface area contributed by atoms with Crippen LogP contribution in [0.1, 0.15) is 10.5 Å². The zero-order valence-electron chi connectivity index (χ0n) is 11.1. The summed E-state index contributed by atoms with van der Waals surface area (Å²) >= 11 is 0. The van der Waals surface area contributed by atoms with E-state index >= 15 is 0 Å². The van der Waals surface area contributed by atoms with E-state index < -0.39 is 11.9 Å². The molecule has 0 saturated carbocycles. The van der Waals surface area contributed by atoms with E-state index in [1.165, 1.54) is 43.3 Å². The van der Waals surface area contributed by atoms with Crippen molar-refractivity contribution in [1.29, 1.82) is 0 Å². The number of carbonyl (C=O) groups excluding carboxylic acids is 2. The van der Waals surface area contributed by atoms with E-state index in [4.69, 9.17) is 0 Å². The predicted molar refractivity (Wildman–Crippen MR) is 70.7 cm³/mol. The molecule has 0 N–H and O–H groups in total. The monoisotopic (exact) mass is 276 g/mol. The first-order chi connectivity index (χ1) is 9.51. The van der Waals surface area contributed by atoms with E-state index in [0.29, 0.717) is 10.9 Å². The van der Waals surface area contributed by atoms with Gasteiger partial charge >= 0.3 is 5.97 Å². The van der Waals surface area contributed by atoms with Crippen LogP contribution >= 0.6 is 0 Å². The summed E-state index contributed by atoms with van der Waals surface area (Å²) in [6.07, 6.45) is 0. The number of benzene rings is 1. The summed E-state index contributed by atoms with van der Waals surface area (Å²) < 4.78 is 17.5. The average Bonchev–Trinajstić information content (AvgIpc) is 2.45. The molecule has 104 valence electrons. The number of esters is 1. The molecule has 6 heteroatoms. The first-order valence-electron chi connectivity index (χ1n) is 5.90. The second kappa shape index (κ2) is 5.64. The third-order valence-corrected chi connectivity index (χ3v) is 2.81. The van der Waals surface area contributed by atoms with Gasteiger partial charge in [0, 0.05) is 12.4 Å². The van der Waals surface area contributed by atoms with Crippen LogP contribution in [0, 0.1) is 5.82 Å². The van der Waals surface area contributed by atoms with Gasteiger partial charge in [-0.05, 0) is 24.3 Å².